The van der Waals surface area contributed by atoms with Gasteiger partial charge in [-0.2, -0.15) is 11.8 Å². The van der Waals surface area contributed by atoms with Crippen LogP contribution in [-0.2, 0) is 15.6 Å². The van der Waals surface area contributed by atoms with Gasteiger partial charge in [-0.1, -0.05) is 131 Å². The molecule has 0 aliphatic rings. The van der Waals surface area contributed by atoms with Crippen LogP contribution in [0.5, 0.6) is 11.5 Å². The number of hydrogen-bond donors (Lipinski definition) is 1. The number of rotatable bonds is 19. The van der Waals surface area contributed by atoms with Gasteiger partial charge in [0, 0.05) is 26.7 Å². The minimum Gasteiger partial charge on any atom is -0.508 e. The molecule has 0 fully saturated rings. The number of aromatic hydroxyl groups is 1. The van der Waals surface area contributed by atoms with Crippen LogP contribution < -0.4 is 4.74 Å². The second-order valence-corrected chi connectivity index (χ2v) is 16.9. The highest BCUT2D eigenvalue weighted by atomic mass is 32.2. The van der Waals surface area contributed by atoms with Gasteiger partial charge in [0.1, 0.15) is 11.5 Å². The first-order chi connectivity index (χ1) is 20.7. The average molecular weight is 643 g/mol. The molecule has 0 heterocycles. The molecule has 5 heteroatoms. The van der Waals surface area contributed by atoms with Crippen molar-refractivity contribution in [1.29, 1.82) is 0 Å². The van der Waals surface area contributed by atoms with E-state index in [9.17, 15) is 9.90 Å². The summed E-state index contributed by atoms with van der Waals surface area (Å²) in [6.45, 7) is 19.3. The number of carbonyl (C=O) groups is 1. The zero-order valence-electron chi connectivity index (χ0n) is 29.5. The maximum atomic E-state index is 12.9. The Morgan fingerprint density at radius 3 is 1.68 bits per heavy atom. The highest BCUT2D eigenvalue weighted by molar-refractivity contribution is 7.99. The molecule has 0 saturated carbocycles. The zero-order valence-corrected chi connectivity index (χ0v) is 31.1. The highest BCUT2D eigenvalue weighted by Gasteiger charge is 2.24. The zero-order chi connectivity index (χ0) is 32.8. The van der Waals surface area contributed by atoms with E-state index in [1.54, 1.807) is 11.8 Å². The second-order valence-electron chi connectivity index (χ2n) is 14.6. The maximum absolute atomic E-state index is 12.9. The van der Waals surface area contributed by atoms with Gasteiger partial charge in [0.15, 0.2) is 0 Å². The number of thioether (sulfide) groups is 1. The van der Waals surface area contributed by atoms with Gasteiger partial charge >= 0.3 is 5.97 Å². The standard InChI is InChI=1S/C39H62O3S2/c1-10-11-12-13-14-15-16-17-18-19-20-21-23-43-24-22-37(41)42-34-26-30(3)36(28-32(34)39(7,8)9)44-35-27-31(38(4,5)6)33(40)25-29(35)2/h25-28,40H,10-24H2,1-9H3. The average Bonchev–Trinajstić information content (AvgIpc) is 2.92. The predicted molar refractivity (Wildman–Crippen MR) is 194 cm³/mol. The van der Waals surface area contributed by atoms with Crippen molar-refractivity contribution in [2.45, 2.75) is 166 Å². The molecule has 248 valence electrons. The topological polar surface area (TPSA) is 46.5 Å². The summed E-state index contributed by atoms with van der Waals surface area (Å²) in [4.78, 5) is 15.1. The number of aryl methyl sites for hydroxylation is 2. The molecule has 0 atom stereocenters. The Kier molecular flexibility index (Phi) is 16.8. The molecule has 3 nitrogen and oxygen atoms in total. The van der Waals surface area contributed by atoms with E-state index in [0.717, 1.165) is 43.6 Å². The Labute approximate surface area is 279 Å². The fourth-order valence-electron chi connectivity index (χ4n) is 5.42. The van der Waals surface area contributed by atoms with Gasteiger partial charge in [-0.15, -0.1) is 0 Å². The molecular formula is C39H62O3S2. The lowest BCUT2D eigenvalue weighted by molar-refractivity contribution is -0.133. The third-order valence-corrected chi connectivity index (χ3v) is 10.6. The molecule has 0 radical (unpaired) electrons. The summed E-state index contributed by atoms with van der Waals surface area (Å²) in [7, 11) is 0. The number of phenols is 1. The first-order valence-electron chi connectivity index (χ1n) is 17.2. The van der Waals surface area contributed by atoms with E-state index < -0.39 is 0 Å². The number of unbranched alkanes of at least 4 members (excludes halogenated alkanes) is 11. The van der Waals surface area contributed by atoms with E-state index in [1.807, 2.05) is 30.8 Å². The molecule has 2 aromatic rings. The third kappa shape index (κ3) is 13.8. The summed E-state index contributed by atoms with van der Waals surface area (Å²) < 4.78 is 5.99. The summed E-state index contributed by atoms with van der Waals surface area (Å²) in [6, 6.07) is 8.21. The fraction of sp³-hybridized carbons (Fsp3) is 0.667. The molecule has 0 saturated heterocycles. The first-order valence-corrected chi connectivity index (χ1v) is 19.2. The molecule has 44 heavy (non-hydrogen) atoms. The van der Waals surface area contributed by atoms with Gasteiger partial charge in [0.05, 0.1) is 6.42 Å². The van der Waals surface area contributed by atoms with Crippen molar-refractivity contribution in [3.05, 3.63) is 46.5 Å². The quantitative estimate of drug-likeness (QED) is 0.0938. The maximum Gasteiger partial charge on any atom is 0.312 e. The Bertz CT molecular complexity index is 1160. The summed E-state index contributed by atoms with van der Waals surface area (Å²) in [5.41, 5.74) is 3.78. The number of ether oxygens (including phenoxy) is 1. The van der Waals surface area contributed by atoms with Gasteiger partial charge in [-0.05, 0) is 72.2 Å². The first kappa shape index (κ1) is 38.6. The summed E-state index contributed by atoms with van der Waals surface area (Å²) in [6.07, 6.45) is 16.8. The van der Waals surface area contributed by atoms with Crippen molar-refractivity contribution in [2.75, 3.05) is 11.5 Å². The van der Waals surface area contributed by atoms with E-state index in [0.29, 0.717) is 17.9 Å². The monoisotopic (exact) mass is 642 g/mol. The molecule has 0 aliphatic carbocycles. The minimum atomic E-state index is -0.178. The Balaban J connectivity index is 1.83. The van der Waals surface area contributed by atoms with Crippen LogP contribution in [-0.4, -0.2) is 22.6 Å². The Hall–Kier alpha value is -1.59. The van der Waals surface area contributed by atoms with Gasteiger partial charge in [0.2, 0.25) is 0 Å². The van der Waals surface area contributed by atoms with Gasteiger partial charge in [-0.3, -0.25) is 4.79 Å². The minimum absolute atomic E-state index is 0.151. The van der Waals surface area contributed by atoms with Crippen LogP contribution in [0.4, 0.5) is 0 Å². The fourth-order valence-corrected chi connectivity index (χ4v) is 7.37. The van der Waals surface area contributed by atoms with E-state index in [2.05, 4.69) is 67.5 Å². The van der Waals surface area contributed by atoms with Crippen LogP contribution in [0.15, 0.2) is 34.1 Å². The Morgan fingerprint density at radius 1 is 0.682 bits per heavy atom. The number of benzene rings is 2. The molecule has 1 N–H and O–H groups in total. The van der Waals surface area contributed by atoms with Crippen molar-refractivity contribution >= 4 is 29.5 Å². The molecule has 0 aliphatic heterocycles. The van der Waals surface area contributed by atoms with Crippen LogP contribution >= 0.6 is 23.5 Å². The summed E-state index contributed by atoms with van der Waals surface area (Å²) >= 11 is 3.59. The molecular weight excluding hydrogens is 581 g/mol. The Morgan fingerprint density at radius 2 is 1.16 bits per heavy atom. The SMILES string of the molecule is CCCCCCCCCCCCCCSCCC(=O)Oc1cc(C)c(Sc2cc(C(C)(C)C)c(O)cc2C)cc1C(C)(C)C. The molecule has 2 aromatic carbocycles. The predicted octanol–water partition coefficient (Wildman–Crippen LogP) is 12.5. The van der Waals surface area contributed by atoms with Gasteiger partial charge < -0.3 is 9.84 Å². The number of carbonyl (C=O) groups excluding carboxylic acids is 1. The molecule has 2 rings (SSSR count). The molecule has 0 aromatic heterocycles. The van der Waals surface area contributed by atoms with Crippen molar-refractivity contribution < 1.29 is 14.6 Å². The lowest BCUT2D eigenvalue weighted by Gasteiger charge is -2.25. The molecule has 0 bridgehead atoms. The van der Waals surface area contributed by atoms with Crippen LogP contribution in [0, 0.1) is 13.8 Å². The molecule has 0 unspecified atom stereocenters. The summed E-state index contributed by atoms with van der Waals surface area (Å²) in [5, 5.41) is 10.6. The highest BCUT2D eigenvalue weighted by Crippen LogP contribution is 2.43. The van der Waals surface area contributed by atoms with Crippen LogP contribution in [0.1, 0.15) is 154 Å². The van der Waals surface area contributed by atoms with Gasteiger partial charge in [-0.25, -0.2) is 0 Å². The van der Waals surface area contributed by atoms with E-state index in [4.69, 9.17) is 4.74 Å². The molecule has 0 spiro atoms. The lowest BCUT2D eigenvalue weighted by Crippen LogP contribution is -2.17. The number of esters is 1. The largest absolute Gasteiger partial charge is 0.508 e. The van der Waals surface area contributed by atoms with Crippen molar-refractivity contribution in [1.82, 2.24) is 0 Å². The van der Waals surface area contributed by atoms with Crippen LogP contribution in [0.3, 0.4) is 0 Å². The van der Waals surface area contributed by atoms with E-state index in [1.165, 1.54) is 77.0 Å². The van der Waals surface area contributed by atoms with Crippen LogP contribution in [0.25, 0.3) is 0 Å². The number of hydrogen-bond acceptors (Lipinski definition) is 5. The summed E-state index contributed by atoms with van der Waals surface area (Å²) in [5.74, 6) is 2.80. The normalized spacial score (nSPS) is 12.1. The molecule has 0 amide bonds. The van der Waals surface area contributed by atoms with E-state index >= 15 is 0 Å². The lowest BCUT2D eigenvalue weighted by atomic mass is 9.86. The number of phenolic OH excluding ortho intramolecular Hbond substituents is 1. The van der Waals surface area contributed by atoms with Crippen molar-refractivity contribution in [3.8, 4) is 11.5 Å². The third-order valence-electron chi connectivity index (χ3n) is 8.22. The second kappa shape index (κ2) is 19.2. The smallest absolute Gasteiger partial charge is 0.312 e. The van der Waals surface area contributed by atoms with Gasteiger partial charge in [0.25, 0.3) is 0 Å². The van der Waals surface area contributed by atoms with E-state index in [-0.39, 0.29) is 16.8 Å². The van der Waals surface area contributed by atoms with Crippen molar-refractivity contribution in [3.63, 3.8) is 0 Å². The van der Waals surface area contributed by atoms with Crippen molar-refractivity contribution in [2.24, 2.45) is 0 Å². The van der Waals surface area contributed by atoms with Crippen LogP contribution in [0.2, 0.25) is 0 Å².